The van der Waals surface area contributed by atoms with Crippen LogP contribution in [-0.4, -0.2) is 50.4 Å². The number of nitrogens with zero attached hydrogens (tertiary/aromatic N) is 2. The number of carbonyl (C=O) groups is 1. The zero-order valence-corrected chi connectivity index (χ0v) is 21.3. The molecule has 0 unspecified atom stereocenters. The highest BCUT2D eigenvalue weighted by molar-refractivity contribution is 5.94. The number of piperidine rings is 1. The van der Waals surface area contributed by atoms with Gasteiger partial charge < -0.3 is 19.7 Å². The van der Waals surface area contributed by atoms with E-state index in [0.29, 0.717) is 18.6 Å². The summed E-state index contributed by atoms with van der Waals surface area (Å²) in [6, 6.07) is 14.7. The molecule has 3 heterocycles. The van der Waals surface area contributed by atoms with Crippen LogP contribution < -0.4 is 19.7 Å². The van der Waals surface area contributed by atoms with Crippen LogP contribution in [0, 0.1) is 11.8 Å². The number of urea groups is 1. The van der Waals surface area contributed by atoms with E-state index in [1.54, 1.807) is 0 Å². The molecule has 3 aliphatic heterocycles. The minimum atomic E-state index is 0.0741. The van der Waals surface area contributed by atoms with Crippen LogP contribution in [0.1, 0.15) is 62.0 Å². The average Bonchev–Trinajstić information content (AvgIpc) is 3.59. The van der Waals surface area contributed by atoms with Crippen LogP contribution in [0.25, 0.3) is 0 Å². The monoisotopic (exact) mass is 489 g/mol. The molecule has 1 aliphatic carbocycles. The van der Waals surface area contributed by atoms with Crippen molar-refractivity contribution in [3.8, 4) is 11.5 Å². The Morgan fingerprint density at radius 1 is 0.889 bits per heavy atom. The van der Waals surface area contributed by atoms with Crippen molar-refractivity contribution in [2.24, 2.45) is 11.8 Å². The molecule has 2 aromatic rings. The fourth-order valence-corrected chi connectivity index (χ4v) is 6.71. The minimum Gasteiger partial charge on any atom is -0.454 e. The molecular formula is C30H39N3O3. The topological polar surface area (TPSA) is 54.0 Å². The van der Waals surface area contributed by atoms with Gasteiger partial charge in [-0.2, -0.15) is 0 Å². The third kappa shape index (κ3) is 5.06. The summed E-state index contributed by atoms with van der Waals surface area (Å²) >= 11 is 0. The Balaban J connectivity index is 0.889. The van der Waals surface area contributed by atoms with Crippen molar-refractivity contribution in [2.45, 2.75) is 57.3 Å². The van der Waals surface area contributed by atoms with E-state index >= 15 is 0 Å². The van der Waals surface area contributed by atoms with Crippen LogP contribution in [0.2, 0.25) is 0 Å². The summed E-state index contributed by atoms with van der Waals surface area (Å²) in [4.78, 5) is 17.3. The lowest BCUT2D eigenvalue weighted by Crippen LogP contribution is -2.41. The molecular weight excluding hydrogens is 450 g/mol. The number of rotatable bonds is 6. The molecule has 1 saturated heterocycles. The molecule has 6 nitrogen and oxygen atoms in total. The largest absolute Gasteiger partial charge is 0.454 e. The predicted octanol–water partition coefficient (Wildman–Crippen LogP) is 5.56. The Morgan fingerprint density at radius 3 is 2.56 bits per heavy atom. The molecule has 2 amide bonds. The van der Waals surface area contributed by atoms with Gasteiger partial charge in [0.1, 0.15) is 0 Å². The Bertz CT molecular complexity index is 1060. The summed E-state index contributed by atoms with van der Waals surface area (Å²) in [6.07, 6.45) is 9.77. The van der Waals surface area contributed by atoms with Gasteiger partial charge >= 0.3 is 6.03 Å². The van der Waals surface area contributed by atoms with Crippen LogP contribution in [-0.2, 0) is 6.42 Å². The maximum Gasteiger partial charge on any atom is 0.321 e. The van der Waals surface area contributed by atoms with Crippen LogP contribution in [0.5, 0.6) is 11.5 Å². The van der Waals surface area contributed by atoms with Crippen molar-refractivity contribution in [2.75, 3.05) is 44.4 Å². The molecule has 1 saturated carbocycles. The van der Waals surface area contributed by atoms with Gasteiger partial charge in [-0.15, -0.1) is 0 Å². The first-order valence-electron chi connectivity index (χ1n) is 14.0. The summed E-state index contributed by atoms with van der Waals surface area (Å²) in [5.74, 6) is 3.93. The molecule has 0 bridgehead atoms. The second kappa shape index (κ2) is 10.7. The normalized spacial score (nSPS) is 24.1. The summed E-state index contributed by atoms with van der Waals surface area (Å²) in [5.41, 5.74) is 3.70. The van der Waals surface area contributed by atoms with E-state index < -0.39 is 0 Å². The smallest absolute Gasteiger partial charge is 0.321 e. The van der Waals surface area contributed by atoms with Crippen molar-refractivity contribution < 1.29 is 14.3 Å². The summed E-state index contributed by atoms with van der Waals surface area (Å²) in [5, 5.41) is 3.23. The zero-order valence-electron chi connectivity index (χ0n) is 21.3. The number of ether oxygens (including phenoxy) is 2. The van der Waals surface area contributed by atoms with E-state index in [2.05, 4.69) is 40.5 Å². The van der Waals surface area contributed by atoms with Gasteiger partial charge in [-0.05, 0) is 93.6 Å². The number of para-hydroxylation sites is 2. The highest BCUT2D eigenvalue weighted by atomic mass is 16.7. The van der Waals surface area contributed by atoms with E-state index in [9.17, 15) is 4.79 Å². The van der Waals surface area contributed by atoms with Crippen LogP contribution in [0.15, 0.2) is 42.5 Å². The lowest BCUT2D eigenvalue weighted by atomic mass is 9.80. The molecule has 2 aromatic carbocycles. The molecule has 6 rings (SSSR count). The first kappa shape index (κ1) is 23.7. The van der Waals surface area contributed by atoms with E-state index in [0.717, 1.165) is 42.6 Å². The quantitative estimate of drug-likeness (QED) is 0.577. The Morgan fingerprint density at radius 2 is 1.69 bits per heavy atom. The van der Waals surface area contributed by atoms with Gasteiger partial charge in [0.25, 0.3) is 0 Å². The highest BCUT2D eigenvalue weighted by Gasteiger charge is 2.29. The number of anilines is 1. The molecule has 0 atom stereocenters. The molecule has 0 spiro atoms. The molecule has 0 radical (unpaired) electrons. The number of amides is 2. The summed E-state index contributed by atoms with van der Waals surface area (Å²) in [6.45, 7) is 5.54. The Labute approximate surface area is 214 Å². The lowest BCUT2D eigenvalue weighted by Gasteiger charge is -2.34. The molecule has 2 fully saturated rings. The standard InChI is InChI=1S/C30H39N3O3/c34-30(33-19-15-25-4-1-2-6-27(25)33)31-20-23-10-8-22(9-11-23)12-16-32-17-13-24(14-18-32)26-5-3-7-28-29(26)36-21-35-28/h1-7,22-24H,8-21H2,(H,31,34). The fraction of sp³-hybridized carbons (Fsp3) is 0.567. The van der Waals surface area contributed by atoms with Crippen molar-refractivity contribution in [1.82, 2.24) is 10.2 Å². The molecule has 0 aromatic heterocycles. The van der Waals surface area contributed by atoms with Crippen molar-refractivity contribution in [3.05, 3.63) is 53.6 Å². The number of nitrogens with one attached hydrogen (secondary N) is 1. The van der Waals surface area contributed by atoms with Gasteiger partial charge in [0.15, 0.2) is 11.5 Å². The van der Waals surface area contributed by atoms with Gasteiger partial charge in [-0.25, -0.2) is 4.79 Å². The van der Waals surface area contributed by atoms with Gasteiger partial charge in [-0.3, -0.25) is 4.90 Å². The van der Waals surface area contributed by atoms with E-state index in [1.807, 2.05) is 17.0 Å². The van der Waals surface area contributed by atoms with E-state index in [4.69, 9.17) is 9.47 Å². The first-order chi connectivity index (χ1) is 17.7. The average molecular weight is 490 g/mol. The Kier molecular flexibility index (Phi) is 7.04. The van der Waals surface area contributed by atoms with Crippen LogP contribution >= 0.6 is 0 Å². The van der Waals surface area contributed by atoms with Crippen molar-refractivity contribution in [1.29, 1.82) is 0 Å². The molecule has 6 heteroatoms. The molecule has 1 N–H and O–H groups in total. The van der Waals surface area contributed by atoms with Gasteiger partial charge in [0.2, 0.25) is 6.79 Å². The second-order valence-corrected chi connectivity index (χ2v) is 11.1. The fourth-order valence-electron chi connectivity index (χ4n) is 6.71. The second-order valence-electron chi connectivity index (χ2n) is 11.1. The van der Waals surface area contributed by atoms with E-state index in [1.165, 1.54) is 75.7 Å². The zero-order chi connectivity index (χ0) is 24.3. The van der Waals surface area contributed by atoms with Crippen molar-refractivity contribution >= 4 is 11.7 Å². The molecule has 36 heavy (non-hydrogen) atoms. The van der Waals surface area contributed by atoms with E-state index in [-0.39, 0.29) is 6.03 Å². The van der Waals surface area contributed by atoms with Crippen LogP contribution in [0.4, 0.5) is 10.5 Å². The third-order valence-corrected chi connectivity index (χ3v) is 8.95. The number of carbonyl (C=O) groups excluding carboxylic acids is 1. The predicted molar refractivity (Wildman–Crippen MR) is 142 cm³/mol. The van der Waals surface area contributed by atoms with Crippen molar-refractivity contribution in [3.63, 3.8) is 0 Å². The Hall–Kier alpha value is -2.73. The number of fused-ring (bicyclic) bond motifs is 2. The highest BCUT2D eigenvalue weighted by Crippen LogP contribution is 2.42. The number of benzene rings is 2. The van der Waals surface area contributed by atoms with Gasteiger partial charge in [0.05, 0.1) is 0 Å². The van der Waals surface area contributed by atoms with Crippen LogP contribution in [0.3, 0.4) is 0 Å². The molecule has 192 valence electrons. The number of hydrogen-bond donors (Lipinski definition) is 1. The third-order valence-electron chi connectivity index (χ3n) is 8.95. The number of hydrogen-bond acceptors (Lipinski definition) is 4. The minimum absolute atomic E-state index is 0.0741. The summed E-state index contributed by atoms with van der Waals surface area (Å²) < 4.78 is 11.3. The SMILES string of the molecule is O=C(NCC1CCC(CCN2CCC(c3cccc4c3OCO4)CC2)CC1)N1CCc2ccccc21. The first-order valence-corrected chi connectivity index (χ1v) is 14.0. The van der Waals surface area contributed by atoms with Gasteiger partial charge in [0, 0.05) is 24.3 Å². The lowest BCUT2D eigenvalue weighted by molar-refractivity contribution is 0.168. The maximum atomic E-state index is 12.8. The van der Waals surface area contributed by atoms with Gasteiger partial charge in [-0.1, -0.05) is 43.2 Å². The number of likely N-dealkylation sites (tertiary alicyclic amines) is 1. The maximum absolute atomic E-state index is 12.8. The summed E-state index contributed by atoms with van der Waals surface area (Å²) in [7, 11) is 0. The molecule has 4 aliphatic rings.